The highest BCUT2D eigenvalue weighted by Crippen LogP contribution is 2.23. The molecule has 2 aliphatic rings. The molecule has 1 N–H and O–H groups in total. The predicted octanol–water partition coefficient (Wildman–Crippen LogP) is 3.30. The van der Waals surface area contributed by atoms with E-state index in [-0.39, 0.29) is 29.3 Å². The van der Waals surface area contributed by atoms with Crippen molar-refractivity contribution in [2.45, 2.75) is 32.1 Å². The number of hydrogen-bond acceptors (Lipinski definition) is 4. The number of likely N-dealkylation sites (tertiary alicyclic amines) is 2. The summed E-state index contributed by atoms with van der Waals surface area (Å²) in [4.78, 5) is 42.5. The van der Waals surface area contributed by atoms with Crippen LogP contribution in [0.3, 0.4) is 0 Å². The second-order valence-corrected chi connectivity index (χ2v) is 8.35. The minimum atomic E-state index is -0.355. The molecule has 168 valence electrons. The van der Waals surface area contributed by atoms with Crippen LogP contribution in [0.2, 0.25) is 0 Å². The van der Waals surface area contributed by atoms with E-state index in [0.717, 1.165) is 25.9 Å². The van der Waals surface area contributed by atoms with Crippen molar-refractivity contribution < 1.29 is 18.8 Å². The van der Waals surface area contributed by atoms with Gasteiger partial charge in [-0.15, -0.1) is 0 Å². The topological polar surface area (TPSA) is 82.9 Å². The van der Waals surface area contributed by atoms with E-state index in [1.807, 2.05) is 11.0 Å². The summed E-state index contributed by atoms with van der Waals surface area (Å²) in [6.45, 7) is 2.67. The van der Waals surface area contributed by atoms with E-state index in [1.165, 1.54) is 12.7 Å². The number of carbonyl (C=O) groups is 3. The molecule has 0 bridgehead atoms. The molecule has 2 aliphatic heterocycles. The summed E-state index contributed by atoms with van der Waals surface area (Å²) in [5, 5.41) is 2.75. The van der Waals surface area contributed by atoms with Crippen molar-refractivity contribution in [3.05, 3.63) is 65.7 Å². The molecule has 0 atom stereocenters. The molecule has 1 aromatic heterocycles. The van der Waals surface area contributed by atoms with Gasteiger partial charge in [0, 0.05) is 43.7 Å². The van der Waals surface area contributed by atoms with Gasteiger partial charge in [0.25, 0.3) is 11.8 Å². The molecule has 0 spiro atoms. The van der Waals surface area contributed by atoms with Crippen LogP contribution in [0.25, 0.3) is 6.08 Å². The zero-order valence-electron chi connectivity index (χ0n) is 18.2. The van der Waals surface area contributed by atoms with Gasteiger partial charge in [-0.05, 0) is 56.4 Å². The molecule has 32 heavy (non-hydrogen) atoms. The number of furan rings is 1. The third-order valence-corrected chi connectivity index (χ3v) is 6.14. The Morgan fingerprint density at radius 2 is 1.59 bits per heavy atom. The van der Waals surface area contributed by atoms with Crippen LogP contribution in [0.5, 0.6) is 0 Å². The van der Waals surface area contributed by atoms with Crippen LogP contribution in [0.4, 0.5) is 0 Å². The van der Waals surface area contributed by atoms with E-state index in [9.17, 15) is 14.4 Å². The maximum Gasteiger partial charge on any atom is 0.270 e. The molecule has 0 aliphatic carbocycles. The second kappa shape index (κ2) is 10.3. The summed E-state index contributed by atoms with van der Waals surface area (Å²) in [6, 6.07) is 12.2. The summed E-state index contributed by atoms with van der Waals surface area (Å²) in [6.07, 6.45) is 7.69. The molecule has 2 aromatic rings. The van der Waals surface area contributed by atoms with E-state index in [2.05, 4.69) is 5.32 Å². The van der Waals surface area contributed by atoms with E-state index in [1.54, 1.807) is 47.4 Å². The van der Waals surface area contributed by atoms with Crippen LogP contribution >= 0.6 is 0 Å². The van der Waals surface area contributed by atoms with Crippen molar-refractivity contribution in [1.29, 1.82) is 0 Å². The minimum absolute atomic E-state index is 0.0337. The third kappa shape index (κ3) is 5.28. The Hall–Kier alpha value is -3.35. The number of nitrogens with zero attached hydrogens (tertiary/aromatic N) is 2. The van der Waals surface area contributed by atoms with Gasteiger partial charge in [0.15, 0.2) is 0 Å². The Morgan fingerprint density at radius 3 is 2.25 bits per heavy atom. The van der Waals surface area contributed by atoms with E-state index in [4.69, 9.17) is 4.42 Å². The number of carbonyl (C=O) groups excluding carboxylic acids is 3. The Bertz CT molecular complexity index is 954. The normalized spacial score (nSPS) is 17.8. The maximum absolute atomic E-state index is 13.3. The molecule has 0 unspecified atom stereocenters. The molecule has 4 rings (SSSR count). The lowest BCUT2D eigenvalue weighted by Gasteiger charge is -2.35. The molecule has 2 fully saturated rings. The van der Waals surface area contributed by atoms with Crippen molar-refractivity contribution >= 4 is 23.8 Å². The Labute approximate surface area is 188 Å². The first-order valence-electron chi connectivity index (χ1n) is 11.3. The van der Waals surface area contributed by atoms with E-state index >= 15 is 0 Å². The van der Waals surface area contributed by atoms with Crippen LogP contribution in [0, 0.1) is 5.92 Å². The van der Waals surface area contributed by atoms with Gasteiger partial charge in [0.2, 0.25) is 5.91 Å². The van der Waals surface area contributed by atoms with Crippen LogP contribution in [0.1, 0.15) is 48.2 Å². The predicted molar refractivity (Wildman–Crippen MR) is 120 cm³/mol. The first-order valence-corrected chi connectivity index (χ1v) is 11.3. The fourth-order valence-corrected chi connectivity index (χ4v) is 4.32. The SMILES string of the molecule is O=C(NC(=Cc1ccco1)C(=O)N1CCC(C(=O)N2CCCCC2)CC1)c1ccccc1. The molecule has 0 radical (unpaired) electrons. The average molecular weight is 436 g/mol. The van der Waals surface area contributed by atoms with Gasteiger partial charge < -0.3 is 19.5 Å². The van der Waals surface area contributed by atoms with Gasteiger partial charge in [-0.1, -0.05) is 18.2 Å². The molecule has 1 aromatic carbocycles. The van der Waals surface area contributed by atoms with Crippen molar-refractivity contribution in [3.63, 3.8) is 0 Å². The number of benzene rings is 1. The zero-order chi connectivity index (χ0) is 22.3. The Kier molecular flexibility index (Phi) is 7.04. The number of hydrogen-bond donors (Lipinski definition) is 1. The average Bonchev–Trinajstić information content (AvgIpc) is 3.37. The van der Waals surface area contributed by atoms with Gasteiger partial charge in [-0.3, -0.25) is 14.4 Å². The smallest absolute Gasteiger partial charge is 0.270 e. The van der Waals surface area contributed by atoms with Crippen LogP contribution in [0.15, 0.2) is 58.8 Å². The first-order chi connectivity index (χ1) is 15.6. The van der Waals surface area contributed by atoms with E-state index in [0.29, 0.717) is 37.3 Å². The fraction of sp³-hybridized carbons (Fsp3) is 0.400. The molecule has 3 amide bonds. The summed E-state index contributed by atoms with van der Waals surface area (Å²) in [5.41, 5.74) is 0.631. The highest BCUT2D eigenvalue weighted by Gasteiger charge is 2.32. The van der Waals surface area contributed by atoms with Gasteiger partial charge in [-0.25, -0.2) is 0 Å². The minimum Gasteiger partial charge on any atom is -0.465 e. The fourth-order valence-electron chi connectivity index (χ4n) is 4.32. The van der Waals surface area contributed by atoms with Crippen molar-refractivity contribution in [2.24, 2.45) is 5.92 Å². The second-order valence-electron chi connectivity index (χ2n) is 8.35. The monoisotopic (exact) mass is 435 g/mol. The molecular formula is C25H29N3O4. The molecule has 7 heteroatoms. The lowest BCUT2D eigenvalue weighted by Crippen LogP contribution is -2.47. The lowest BCUT2D eigenvalue weighted by molar-refractivity contribution is -0.140. The molecular weight excluding hydrogens is 406 g/mol. The van der Waals surface area contributed by atoms with Gasteiger partial charge >= 0.3 is 0 Å². The number of amides is 3. The lowest BCUT2D eigenvalue weighted by atomic mass is 9.94. The molecule has 2 saturated heterocycles. The Morgan fingerprint density at radius 1 is 0.875 bits per heavy atom. The van der Waals surface area contributed by atoms with Crippen molar-refractivity contribution in [1.82, 2.24) is 15.1 Å². The van der Waals surface area contributed by atoms with Gasteiger partial charge in [0.05, 0.1) is 6.26 Å². The largest absolute Gasteiger partial charge is 0.465 e. The summed E-state index contributed by atoms with van der Waals surface area (Å²) in [7, 11) is 0. The highest BCUT2D eigenvalue weighted by molar-refractivity contribution is 6.05. The van der Waals surface area contributed by atoms with Crippen LogP contribution in [-0.4, -0.2) is 53.7 Å². The summed E-state index contributed by atoms with van der Waals surface area (Å²) in [5.74, 6) is 0.0486. The molecule has 3 heterocycles. The van der Waals surface area contributed by atoms with Crippen LogP contribution in [-0.2, 0) is 9.59 Å². The summed E-state index contributed by atoms with van der Waals surface area (Å²) >= 11 is 0. The van der Waals surface area contributed by atoms with Crippen molar-refractivity contribution in [3.8, 4) is 0 Å². The van der Waals surface area contributed by atoms with Gasteiger partial charge in [-0.2, -0.15) is 0 Å². The molecule has 0 saturated carbocycles. The molecule has 7 nitrogen and oxygen atoms in total. The van der Waals surface area contributed by atoms with Crippen LogP contribution < -0.4 is 5.32 Å². The van der Waals surface area contributed by atoms with E-state index < -0.39 is 0 Å². The zero-order valence-corrected chi connectivity index (χ0v) is 18.2. The summed E-state index contributed by atoms with van der Waals surface area (Å²) < 4.78 is 5.36. The van der Waals surface area contributed by atoms with Crippen molar-refractivity contribution in [2.75, 3.05) is 26.2 Å². The number of piperidine rings is 2. The third-order valence-electron chi connectivity index (χ3n) is 6.14. The Balaban J connectivity index is 1.42. The van der Waals surface area contributed by atoms with Gasteiger partial charge in [0.1, 0.15) is 11.5 Å². The maximum atomic E-state index is 13.3. The first kappa shape index (κ1) is 21.9. The number of rotatable bonds is 5. The standard InChI is InChI=1S/C25H29N3O4/c29-23(19-8-3-1-4-9-19)26-22(18-21-10-7-17-32-21)25(31)28-15-11-20(12-16-28)24(30)27-13-5-2-6-14-27/h1,3-4,7-10,17-18,20H,2,5-6,11-16H2,(H,26,29). The quantitative estimate of drug-likeness (QED) is 0.731. The number of nitrogens with one attached hydrogen (secondary N) is 1. The highest BCUT2D eigenvalue weighted by atomic mass is 16.3.